The third-order valence-electron chi connectivity index (χ3n) is 5.68. The second kappa shape index (κ2) is 8.31. The average molecular weight is 473 g/mol. The van der Waals surface area contributed by atoms with Crippen LogP contribution in [0.4, 0.5) is 0 Å². The first kappa shape index (κ1) is 20.0. The molecule has 0 saturated heterocycles. The van der Waals surface area contributed by atoms with Crippen LogP contribution in [0.3, 0.4) is 0 Å². The predicted molar refractivity (Wildman–Crippen MR) is 132 cm³/mol. The maximum absolute atomic E-state index is 5.00. The van der Waals surface area contributed by atoms with E-state index in [1.165, 1.54) is 11.0 Å². The Hall–Kier alpha value is -2.92. The minimum atomic E-state index is 0.931. The quantitative estimate of drug-likeness (QED) is 0.259. The van der Waals surface area contributed by atoms with Crippen molar-refractivity contribution in [2.45, 2.75) is 39.8 Å². The van der Waals surface area contributed by atoms with Crippen molar-refractivity contribution >= 4 is 38.0 Å². The lowest BCUT2D eigenvalue weighted by Gasteiger charge is -2.13. The predicted octanol–water partition coefficient (Wildman–Crippen LogP) is 7.30. The van der Waals surface area contributed by atoms with Gasteiger partial charge in [0.1, 0.15) is 11.6 Å². The van der Waals surface area contributed by atoms with Crippen molar-refractivity contribution < 1.29 is 0 Å². The van der Waals surface area contributed by atoms with Gasteiger partial charge < -0.3 is 9.13 Å². The van der Waals surface area contributed by atoms with E-state index in [1.54, 1.807) is 0 Å². The Kier molecular flexibility index (Phi) is 5.36. The highest BCUT2D eigenvalue weighted by Crippen LogP contribution is 2.38. The molecule has 0 radical (unpaired) electrons. The highest BCUT2D eigenvalue weighted by Gasteiger charge is 2.20. The molecule has 31 heavy (non-hydrogen) atoms. The Balaban J connectivity index is 1.73. The number of aromatic nitrogens is 4. The van der Waals surface area contributed by atoms with E-state index in [1.807, 2.05) is 12.1 Å². The molecule has 0 bridgehead atoms. The normalized spacial score (nSPS) is 11.6. The van der Waals surface area contributed by atoms with Gasteiger partial charge in [0.25, 0.3) is 0 Å². The fourth-order valence-electron chi connectivity index (χ4n) is 4.34. The fourth-order valence-corrected chi connectivity index (χ4v) is 4.96. The molecule has 0 aliphatic carbocycles. The molecular formula is C26H25BrN4. The Labute approximate surface area is 190 Å². The third-order valence-corrected chi connectivity index (χ3v) is 6.54. The summed E-state index contributed by atoms with van der Waals surface area (Å²) in [4.78, 5) is 10.0. The summed E-state index contributed by atoms with van der Waals surface area (Å²) in [6.45, 7) is 6.27. The monoisotopic (exact) mass is 472 g/mol. The molecular weight excluding hydrogens is 448 g/mol. The molecule has 5 heteroatoms. The molecule has 0 N–H and O–H groups in total. The number of imidazole rings is 2. The molecule has 0 aliphatic rings. The zero-order valence-corrected chi connectivity index (χ0v) is 19.4. The van der Waals surface area contributed by atoms with Gasteiger partial charge in [-0.25, -0.2) is 9.97 Å². The van der Waals surface area contributed by atoms with E-state index in [0.29, 0.717) is 0 Å². The molecule has 0 fully saturated rings. The van der Waals surface area contributed by atoms with Crippen molar-refractivity contribution in [2.75, 3.05) is 0 Å². The summed E-state index contributed by atoms with van der Waals surface area (Å²) in [5, 5.41) is 0. The lowest BCUT2D eigenvalue weighted by molar-refractivity contribution is 0.702. The molecule has 0 atom stereocenters. The molecule has 0 spiro atoms. The topological polar surface area (TPSA) is 35.6 Å². The molecule has 3 aromatic carbocycles. The van der Waals surface area contributed by atoms with E-state index < -0.39 is 0 Å². The summed E-state index contributed by atoms with van der Waals surface area (Å²) in [6.07, 6.45) is 2.11. The molecule has 2 heterocycles. The number of hydrogen-bond acceptors (Lipinski definition) is 2. The van der Waals surface area contributed by atoms with Crippen LogP contribution in [0, 0.1) is 0 Å². The largest absolute Gasteiger partial charge is 0.324 e. The van der Waals surface area contributed by atoms with Gasteiger partial charge in [0.15, 0.2) is 0 Å². The number of rotatable bonds is 6. The minimum absolute atomic E-state index is 0.931. The summed E-state index contributed by atoms with van der Waals surface area (Å²) < 4.78 is 5.69. The minimum Gasteiger partial charge on any atom is -0.324 e. The number of halogens is 1. The van der Waals surface area contributed by atoms with Crippen LogP contribution in [0.25, 0.3) is 44.8 Å². The number of nitrogens with zero attached hydrogens (tertiary/aromatic N) is 4. The Morgan fingerprint density at radius 3 is 1.55 bits per heavy atom. The zero-order valence-electron chi connectivity index (χ0n) is 17.8. The van der Waals surface area contributed by atoms with Gasteiger partial charge in [0.05, 0.1) is 22.1 Å². The average Bonchev–Trinajstić information content (AvgIpc) is 3.34. The standard InChI is InChI=1S/C26H25BrN4/c1-3-16-30-22-14-7-5-12-20(22)28-25(30)18-10-9-11-19(24(18)27)26-29-21-13-6-8-15-23(21)31(26)17-4-2/h5-15H,3-4,16-17H2,1-2H3. The number of benzene rings is 3. The van der Waals surface area contributed by atoms with E-state index in [9.17, 15) is 0 Å². The van der Waals surface area contributed by atoms with Crippen LogP contribution in [-0.2, 0) is 13.1 Å². The summed E-state index contributed by atoms with van der Waals surface area (Å²) in [7, 11) is 0. The molecule has 2 aromatic heterocycles. The first-order valence-corrected chi connectivity index (χ1v) is 11.7. The van der Waals surface area contributed by atoms with Gasteiger partial charge in [-0.15, -0.1) is 0 Å². The number of hydrogen-bond donors (Lipinski definition) is 0. The second-order valence-corrected chi connectivity index (χ2v) is 8.61. The van der Waals surface area contributed by atoms with Crippen molar-refractivity contribution in [3.63, 3.8) is 0 Å². The second-order valence-electron chi connectivity index (χ2n) is 7.82. The van der Waals surface area contributed by atoms with E-state index in [-0.39, 0.29) is 0 Å². The van der Waals surface area contributed by atoms with Crippen LogP contribution in [0.2, 0.25) is 0 Å². The lowest BCUT2D eigenvalue weighted by Crippen LogP contribution is -2.02. The maximum Gasteiger partial charge on any atom is 0.142 e. The summed E-state index contributed by atoms with van der Waals surface area (Å²) >= 11 is 3.93. The van der Waals surface area contributed by atoms with Crippen molar-refractivity contribution in [1.29, 1.82) is 0 Å². The van der Waals surface area contributed by atoms with E-state index >= 15 is 0 Å². The van der Waals surface area contributed by atoms with E-state index in [0.717, 1.165) is 64.2 Å². The Morgan fingerprint density at radius 1 is 0.645 bits per heavy atom. The molecule has 4 nitrogen and oxygen atoms in total. The molecule has 0 aliphatic heterocycles. The van der Waals surface area contributed by atoms with E-state index in [4.69, 9.17) is 9.97 Å². The van der Waals surface area contributed by atoms with E-state index in [2.05, 4.69) is 93.5 Å². The number of aryl methyl sites for hydroxylation is 2. The van der Waals surface area contributed by atoms with Gasteiger partial charge in [-0.1, -0.05) is 56.3 Å². The third kappa shape index (κ3) is 3.37. The first-order chi connectivity index (χ1) is 15.2. The van der Waals surface area contributed by atoms with Gasteiger partial charge in [0, 0.05) is 28.7 Å². The number of fused-ring (bicyclic) bond motifs is 2. The maximum atomic E-state index is 5.00. The van der Waals surface area contributed by atoms with Gasteiger partial charge in [-0.05, 0) is 53.0 Å². The summed E-state index contributed by atoms with van der Waals surface area (Å²) in [5.74, 6) is 1.99. The molecule has 0 unspecified atom stereocenters. The van der Waals surface area contributed by atoms with Crippen LogP contribution in [0.5, 0.6) is 0 Å². The van der Waals surface area contributed by atoms with Gasteiger partial charge in [0.2, 0.25) is 0 Å². The van der Waals surface area contributed by atoms with Gasteiger partial charge in [-0.2, -0.15) is 0 Å². The smallest absolute Gasteiger partial charge is 0.142 e. The van der Waals surface area contributed by atoms with Crippen LogP contribution in [0.1, 0.15) is 26.7 Å². The SMILES string of the molecule is CCCn1c(-c2cccc(-c3nc4ccccc4n3CCC)c2Br)nc2ccccc21. The molecule has 0 amide bonds. The fraction of sp³-hybridized carbons (Fsp3) is 0.231. The Bertz CT molecular complexity index is 1280. The van der Waals surface area contributed by atoms with Crippen molar-refractivity contribution in [3.8, 4) is 22.8 Å². The van der Waals surface area contributed by atoms with Crippen LogP contribution >= 0.6 is 15.9 Å². The highest BCUT2D eigenvalue weighted by atomic mass is 79.9. The first-order valence-electron chi connectivity index (χ1n) is 10.9. The molecule has 0 saturated carbocycles. The Morgan fingerprint density at radius 2 is 1.10 bits per heavy atom. The summed E-state index contributed by atoms with van der Waals surface area (Å²) in [5.41, 5.74) is 6.60. The van der Waals surface area contributed by atoms with Gasteiger partial charge >= 0.3 is 0 Å². The van der Waals surface area contributed by atoms with Crippen molar-refractivity contribution in [3.05, 3.63) is 71.2 Å². The van der Waals surface area contributed by atoms with Crippen LogP contribution in [-0.4, -0.2) is 19.1 Å². The number of para-hydroxylation sites is 4. The zero-order chi connectivity index (χ0) is 21.4. The molecule has 156 valence electrons. The lowest BCUT2D eigenvalue weighted by atomic mass is 10.1. The van der Waals surface area contributed by atoms with Gasteiger partial charge in [-0.3, -0.25) is 0 Å². The van der Waals surface area contributed by atoms with Crippen LogP contribution in [0.15, 0.2) is 71.2 Å². The van der Waals surface area contributed by atoms with Crippen LogP contribution < -0.4 is 0 Å². The van der Waals surface area contributed by atoms with Crippen molar-refractivity contribution in [1.82, 2.24) is 19.1 Å². The van der Waals surface area contributed by atoms with Crippen molar-refractivity contribution in [2.24, 2.45) is 0 Å². The summed E-state index contributed by atoms with van der Waals surface area (Å²) in [6, 6.07) is 23.1. The highest BCUT2D eigenvalue weighted by molar-refractivity contribution is 9.10. The molecule has 5 rings (SSSR count). The molecule has 5 aromatic rings.